The molecule has 0 atom stereocenters. The molecule has 0 unspecified atom stereocenters. The number of ketones is 4. The second kappa shape index (κ2) is 11.2. The Morgan fingerprint density at radius 3 is 0.947 bits per heavy atom. The molecule has 8 nitrogen and oxygen atoms in total. The third-order valence-corrected chi connectivity index (χ3v) is 1.27. The summed E-state index contributed by atoms with van der Waals surface area (Å²) in [6.45, 7) is 2.28. The van der Waals surface area contributed by atoms with E-state index in [2.05, 4.69) is 0 Å². The van der Waals surface area contributed by atoms with E-state index in [9.17, 15) is 39.0 Å². The smallest absolute Gasteiger partial charge is 0.542 e. The number of carboxylic acid groups (broad SMARTS) is 2. The molecular formula is C10H10CuO8. The molecule has 0 rings (SSSR count). The normalized spacial score (nSPS) is 8.11. The fourth-order valence-corrected chi connectivity index (χ4v) is 0.597. The van der Waals surface area contributed by atoms with E-state index < -0.39 is 47.9 Å². The van der Waals surface area contributed by atoms with E-state index in [4.69, 9.17) is 0 Å². The van der Waals surface area contributed by atoms with Crippen molar-refractivity contribution >= 4 is 35.1 Å². The first kappa shape index (κ1) is 22.3. The van der Waals surface area contributed by atoms with Crippen LogP contribution >= 0.6 is 0 Å². The van der Waals surface area contributed by atoms with Crippen LogP contribution in [0.25, 0.3) is 0 Å². The van der Waals surface area contributed by atoms with Crippen LogP contribution in [0.15, 0.2) is 0 Å². The van der Waals surface area contributed by atoms with Gasteiger partial charge in [0.1, 0.15) is 23.5 Å². The maximum Gasteiger partial charge on any atom is 2.00 e. The number of aliphatic carboxylic acids is 2. The van der Waals surface area contributed by atoms with Crippen molar-refractivity contribution in [3.63, 3.8) is 0 Å². The Hall–Kier alpha value is -1.86. The number of Topliss-reactive ketones (excluding diaryl/α,β-unsaturated/α-hetero) is 4. The fourth-order valence-electron chi connectivity index (χ4n) is 0.597. The van der Waals surface area contributed by atoms with Gasteiger partial charge in [-0.25, -0.2) is 0 Å². The zero-order valence-corrected chi connectivity index (χ0v) is 10.9. The van der Waals surface area contributed by atoms with Gasteiger partial charge in [0.05, 0.1) is 12.8 Å². The second-order valence-electron chi connectivity index (χ2n) is 3.18. The summed E-state index contributed by atoms with van der Waals surface area (Å²) in [5, 5.41) is 19.2. The van der Waals surface area contributed by atoms with E-state index in [0.29, 0.717) is 0 Å². The molecule has 19 heavy (non-hydrogen) atoms. The Labute approximate surface area is 118 Å². The molecule has 0 saturated heterocycles. The Balaban J connectivity index is -0.000000256. The average Bonchev–Trinajstić information content (AvgIpc) is 2.16. The van der Waals surface area contributed by atoms with E-state index in [1.807, 2.05) is 0 Å². The first-order valence-electron chi connectivity index (χ1n) is 4.55. The summed E-state index contributed by atoms with van der Waals surface area (Å²) in [5.74, 6) is -6.87. The summed E-state index contributed by atoms with van der Waals surface area (Å²) in [5.41, 5.74) is 0. The molecular weight excluding hydrogens is 312 g/mol. The molecule has 0 fully saturated rings. The fraction of sp³-hybridized carbons (Fsp3) is 0.400. The number of carboxylic acids is 2. The number of carbonyl (C=O) groups excluding carboxylic acids is 6. The van der Waals surface area contributed by atoms with Crippen molar-refractivity contribution < 1.29 is 56.0 Å². The minimum Gasteiger partial charge on any atom is -0.542 e. The van der Waals surface area contributed by atoms with Gasteiger partial charge in [-0.1, -0.05) is 0 Å². The van der Waals surface area contributed by atoms with Gasteiger partial charge in [-0.3, -0.25) is 19.2 Å². The van der Waals surface area contributed by atoms with E-state index >= 15 is 0 Å². The molecule has 0 bridgehead atoms. The summed E-state index contributed by atoms with van der Waals surface area (Å²) in [7, 11) is 0. The van der Waals surface area contributed by atoms with Crippen LogP contribution in [0, 0.1) is 0 Å². The topological polar surface area (TPSA) is 149 Å². The molecule has 0 saturated carbocycles. The van der Waals surface area contributed by atoms with Gasteiger partial charge in [0, 0.05) is 0 Å². The first-order valence-corrected chi connectivity index (χ1v) is 4.55. The molecule has 0 spiro atoms. The van der Waals surface area contributed by atoms with Crippen LogP contribution in [0.2, 0.25) is 0 Å². The quantitative estimate of drug-likeness (QED) is 0.279. The van der Waals surface area contributed by atoms with Gasteiger partial charge >= 0.3 is 17.1 Å². The Morgan fingerprint density at radius 2 is 0.895 bits per heavy atom. The predicted octanol–water partition coefficient (Wildman–Crippen LogP) is -3.43. The Bertz CT molecular complexity index is 360. The molecule has 9 heteroatoms. The van der Waals surface area contributed by atoms with E-state index in [-0.39, 0.29) is 17.1 Å². The van der Waals surface area contributed by atoms with Crippen molar-refractivity contribution in [2.24, 2.45) is 0 Å². The summed E-state index contributed by atoms with van der Waals surface area (Å²) >= 11 is 0. The third-order valence-electron chi connectivity index (χ3n) is 1.27. The zero-order chi connectivity index (χ0) is 14.9. The molecule has 0 aliphatic heterocycles. The van der Waals surface area contributed by atoms with Crippen molar-refractivity contribution in [3.05, 3.63) is 0 Å². The van der Waals surface area contributed by atoms with Gasteiger partial charge in [0.2, 0.25) is 0 Å². The molecule has 0 aromatic rings. The van der Waals surface area contributed by atoms with Crippen molar-refractivity contribution in [2.45, 2.75) is 26.7 Å². The maximum absolute atomic E-state index is 10.1. The van der Waals surface area contributed by atoms with Crippen LogP contribution in [-0.4, -0.2) is 35.1 Å². The molecule has 109 valence electrons. The minimum atomic E-state index is -1.80. The third kappa shape index (κ3) is 16.1. The van der Waals surface area contributed by atoms with Crippen molar-refractivity contribution in [3.8, 4) is 0 Å². The number of hydrogen-bond donors (Lipinski definition) is 0. The van der Waals surface area contributed by atoms with Gasteiger partial charge in [0.25, 0.3) is 0 Å². The average molecular weight is 322 g/mol. The van der Waals surface area contributed by atoms with Gasteiger partial charge in [-0.05, 0) is 13.8 Å². The van der Waals surface area contributed by atoms with Gasteiger partial charge in [-0.15, -0.1) is 0 Å². The SMILES string of the molecule is CC(=O)CC(=O)C(=O)[O-].CC(=O)CC(=O)C(=O)[O-].[Cu+2]. The monoisotopic (exact) mass is 321 g/mol. The number of carbonyl (C=O) groups is 6. The second-order valence-corrected chi connectivity index (χ2v) is 3.18. The molecule has 0 amide bonds. The first-order chi connectivity index (χ1) is 8.07. The Kier molecular flexibility index (Phi) is 13.2. The van der Waals surface area contributed by atoms with E-state index in [1.165, 1.54) is 0 Å². The van der Waals surface area contributed by atoms with Crippen LogP contribution in [0.4, 0.5) is 0 Å². The summed E-state index contributed by atoms with van der Waals surface area (Å²) in [4.78, 5) is 59.5. The van der Waals surface area contributed by atoms with Gasteiger partial charge in [0.15, 0.2) is 11.6 Å². The number of hydrogen-bond acceptors (Lipinski definition) is 8. The van der Waals surface area contributed by atoms with Crippen LogP contribution in [0.5, 0.6) is 0 Å². The summed E-state index contributed by atoms with van der Waals surface area (Å²) in [6.07, 6.45) is -1.13. The standard InChI is InChI=1S/2C5H6O4.Cu/c2*1-3(6)2-4(7)5(8)9;/h2*2H2,1H3,(H,8,9);/q;;+2/p-2. The summed E-state index contributed by atoms with van der Waals surface area (Å²) < 4.78 is 0. The van der Waals surface area contributed by atoms with Gasteiger partial charge in [-0.2, -0.15) is 0 Å². The molecule has 1 radical (unpaired) electrons. The largest absolute Gasteiger partial charge is 2.00 e. The summed E-state index contributed by atoms with van der Waals surface area (Å²) in [6, 6.07) is 0. The van der Waals surface area contributed by atoms with Gasteiger partial charge < -0.3 is 19.8 Å². The molecule has 0 aromatic heterocycles. The molecule has 0 aliphatic rings. The Morgan fingerprint density at radius 1 is 0.684 bits per heavy atom. The molecule has 0 N–H and O–H groups in total. The van der Waals surface area contributed by atoms with Crippen molar-refractivity contribution in [1.82, 2.24) is 0 Å². The van der Waals surface area contributed by atoms with Crippen molar-refractivity contribution in [2.75, 3.05) is 0 Å². The minimum absolute atomic E-state index is 0. The van der Waals surface area contributed by atoms with Crippen molar-refractivity contribution in [1.29, 1.82) is 0 Å². The molecule has 0 aromatic carbocycles. The van der Waals surface area contributed by atoms with Crippen LogP contribution in [0.3, 0.4) is 0 Å². The maximum atomic E-state index is 10.1. The van der Waals surface area contributed by atoms with E-state index in [1.54, 1.807) is 0 Å². The number of rotatable bonds is 6. The molecule has 0 heterocycles. The van der Waals surface area contributed by atoms with E-state index in [0.717, 1.165) is 13.8 Å². The predicted molar refractivity (Wildman–Crippen MR) is 50.6 cm³/mol. The molecule has 0 aliphatic carbocycles. The van der Waals surface area contributed by atoms with Crippen LogP contribution in [0.1, 0.15) is 26.7 Å². The van der Waals surface area contributed by atoms with Crippen LogP contribution in [-0.2, 0) is 45.8 Å². The van der Waals surface area contributed by atoms with Crippen LogP contribution < -0.4 is 10.2 Å². The zero-order valence-electron chi connectivity index (χ0n) is 9.98.